The topological polar surface area (TPSA) is 24.5 Å². The number of nitrogens with zero attached hydrogens (tertiary/aromatic N) is 1. The van der Waals surface area contributed by atoms with Crippen molar-refractivity contribution < 1.29 is 4.74 Å². The fourth-order valence-corrected chi connectivity index (χ4v) is 1.96. The summed E-state index contributed by atoms with van der Waals surface area (Å²) in [5.41, 5.74) is 0. The molecule has 3 nitrogen and oxygen atoms in total. The van der Waals surface area contributed by atoms with Crippen LogP contribution in [0.3, 0.4) is 0 Å². The quantitative estimate of drug-likeness (QED) is 0.695. The summed E-state index contributed by atoms with van der Waals surface area (Å²) in [5.74, 6) is 0. The Labute approximate surface area is 87.8 Å². The van der Waals surface area contributed by atoms with E-state index < -0.39 is 0 Å². The molecular formula is C11H24N2O. The van der Waals surface area contributed by atoms with Gasteiger partial charge in [-0.1, -0.05) is 0 Å². The number of hydrogen-bond donors (Lipinski definition) is 1. The minimum Gasteiger partial charge on any atom is -0.383 e. The number of nitrogens with one attached hydrogen (secondary N) is 1. The maximum Gasteiger partial charge on any atom is 0.0589 e. The Morgan fingerprint density at radius 3 is 2.79 bits per heavy atom. The monoisotopic (exact) mass is 200 g/mol. The molecule has 0 aliphatic carbocycles. The molecule has 1 atom stereocenters. The maximum atomic E-state index is 5.12. The molecule has 0 saturated carbocycles. The van der Waals surface area contributed by atoms with E-state index in [9.17, 15) is 0 Å². The standard InChI is InChI=1S/C11H24N2O/c1-10(2)13(7-8-14-3)9-11-5-4-6-12-11/h10-12H,4-9H2,1-3H3. The Balaban J connectivity index is 2.26. The van der Waals surface area contributed by atoms with E-state index in [1.807, 2.05) is 0 Å². The summed E-state index contributed by atoms with van der Waals surface area (Å²) >= 11 is 0. The third-order valence-electron chi connectivity index (χ3n) is 2.93. The van der Waals surface area contributed by atoms with E-state index in [1.165, 1.54) is 25.9 Å². The molecule has 0 radical (unpaired) electrons. The molecule has 14 heavy (non-hydrogen) atoms. The van der Waals surface area contributed by atoms with Gasteiger partial charge in [0.15, 0.2) is 0 Å². The Bertz CT molecular complexity index is 144. The summed E-state index contributed by atoms with van der Waals surface area (Å²) in [6.07, 6.45) is 2.66. The van der Waals surface area contributed by atoms with Crippen molar-refractivity contribution in [2.75, 3.05) is 33.4 Å². The lowest BCUT2D eigenvalue weighted by Crippen LogP contribution is -2.42. The van der Waals surface area contributed by atoms with Crippen molar-refractivity contribution in [2.45, 2.75) is 38.8 Å². The average Bonchev–Trinajstić information content (AvgIpc) is 2.64. The van der Waals surface area contributed by atoms with Crippen molar-refractivity contribution in [1.29, 1.82) is 0 Å². The van der Waals surface area contributed by atoms with Crippen molar-refractivity contribution in [3.63, 3.8) is 0 Å². The van der Waals surface area contributed by atoms with E-state index in [0.717, 1.165) is 13.2 Å². The second kappa shape index (κ2) is 6.38. The molecular weight excluding hydrogens is 176 g/mol. The van der Waals surface area contributed by atoms with Gasteiger partial charge in [0.25, 0.3) is 0 Å². The van der Waals surface area contributed by atoms with Crippen LogP contribution in [0.2, 0.25) is 0 Å². The third kappa shape index (κ3) is 3.95. The lowest BCUT2D eigenvalue weighted by Gasteiger charge is -2.28. The maximum absolute atomic E-state index is 5.12. The summed E-state index contributed by atoms with van der Waals surface area (Å²) in [7, 11) is 1.77. The van der Waals surface area contributed by atoms with Crippen molar-refractivity contribution in [3.05, 3.63) is 0 Å². The predicted octanol–water partition coefficient (Wildman–Crippen LogP) is 1.10. The van der Waals surface area contributed by atoms with E-state index in [1.54, 1.807) is 7.11 Å². The summed E-state index contributed by atoms with van der Waals surface area (Å²) < 4.78 is 5.12. The van der Waals surface area contributed by atoms with Gasteiger partial charge in [-0.2, -0.15) is 0 Å². The van der Waals surface area contributed by atoms with Gasteiger partial charge in [0.1, 0.15) is 0 Å². The molecule has 3 heteroatoms. The zero-order chi connectivity index (χ0) is 10.4. The second-order valence-corrected chi connectivity index (χ2v) is 4.37. The summed E-state index contributed by atoms with van der Waals surface area (Å²) in [6, 6.07) is 1.32. The van der Waals surface area contributed by atoms with Gasteiger partial charge in [0.2, 0.25) is 0 Å². The van der Waals surface area contributed by atoms with Gasteiger partial charge < -0.3 is 10.1 Å². The molecule has 1 rings (SSSR count). The predicted molar refractivity (Wildman–Crippen MR) is 59.6 cm³/mol. The van der Waals surface area contributed by atoms with Gasteiger partial charge in [-0.05, 0) is 33.2 Å². The highest BCUT2D eigenvalue weighted by Crippen LogP contribution is 2.08. The Hall–Kier alpha value is -0.120. The van der Waals surface area contributed by atoms with Crippen LogP contribution in [0, 0.1) is 0 Å². The van der Waals surface area contributed by atoms with E-state index in [4.69, 9.17) is 4.74 Å². The molecule has 0 spiro atoms. The molecule has 1 aliphatic heterocycles. The van der Waals surface area contributed by atoms with Crippen LogP contribution < -0.4 is 5.32 Å². The number of hydrogen-bond acceptors (Lipinski definition) is 3. The molecule has 1 fully saturated rings. The van der Waals surface area contributed by atoms with Crippen molar-refractivity contribution in [1.82, 2.24) is 10.2 Å². The highest BCUT2D eigenvalue weighted by Gasteiger charge is 2.18. The lowest BCUT2D eigenvalue weighted by atomic mass is 10.2. The van der Waals surface area contributed by atoms with Crippen LogP contribution in [-0.2, 0) is 4.74 Å². The zero-order valence-electron chi connectivity index (χ0n) is 9.75. The first-order valence-corrected chi connectivity index (χ1v) is 5.70. The molecule has 1 N–H and O–H groups in total. The Morgan fingerprint density at radius 1 is 1.50 bits per heavy atom. The Morgan fingerprint density at radius 2 is 2.29 bits per heavy atom. The van der Waals surface area contributed by atoms with Gasteiger partial charge in [0.05, 0.1) is 6.61 Å². The van der Waals surface area contributed by atoms with E-state index in [0.29, 0.717) is 12.1 Å². The van der Waals surface area contributed by atoms with Crippen LogP contribution >= 0.6 is 0 Å². The molecule has 0 aromatic heterocycles. The lowest BCUT2D eigenvalue weighted by molar-refractivity contribution is 0.123. The van der Waals surface area contributed by atoms with Crippen LogP contribution in [-0.4, -0.2) is 50.3 Å². The molecule has 1 heterocycles. The summed E-state index contributed by atoms with van der Waals surface area (Å²) in [6.45, 7) is 8.76. The normalized spacial score (nSPS) is 22.5. The molecule has 1 saturated heterocycles. The van der Waals surface area contributed by atoms with E-state index in [2.05, 4.69) is 24.1 Å². The SMILES string of the molecule is COCCN(CC1CCCN1)C(C)C. The van der Waals surface area contributed by atoms with Gasteiger partial charge in [0, 0.05) is 32.3 Å². The van der Waals surface area contributed by atoms with Gasteiger partial charge >= 0.3 is 0 Å². The number of methoxy groups -OCH3 is 1. The largest absolute Gasteiger partial charge is 0.383 e. The van der Waals surface area contributed by atoms with Gasteiger partial charge in [-0.15, -0.1) is 0 Å². The first-order chi connectivity index (χ1) is 6.74. The fourth-order valence-electron chi connectivity index (χ4n) is 1.96. The molecule has 1 aliphatic rings. The van der Waals surface area contributed by atoms with Crippen LogP contribution in [0.5, 0.6) is 0 Å². The van der Waals surface area contributed by atoms with Gasteiger partial charge in [-0.3, -0.25) is 4.90 Å². The second-order valence-electron chi connectivity index (χ2n) is 4.37. The zero-order valence-corrected chi connectivity index (χ0v) is 9.75. The van der Waals surface area contributed by atoms with E-state index in [-0.39, 0.29) is 0 Å². The molecule has 0 aromatic carbocycles. The Kier molecular flexibility index (Phi) is 5.45. The summed E-state index contributed by atoms with van der Waals surface area (Å²) in [5, 5.41) is 3.54. The van der Waals surface area contributed by atoms with Crippen LogP contribution in [0.4, 0.5) is 0 Å². The third-order valence-corrected chi connectivity index (χ3v) is 2.93. The van der Waals surface area contributed by atoms with Crippen molar-refractivity contribution in [3.8, 4) is 0 Å². The first-order valence-electron chi connectivity index (χ1n) is 5.70. The van der Waals surface area contributed by atoms with Crippen LogP contribution in [0.15, 0.2) is 0 Å². The minimum absolute atomic E-state index is 0.618. The highest BCUT2D eigenvalue weighted by atomic mass is 16.5. The molecule has 1 unspecified atom stereocenters. The number of ether oxygens (including phenoxy) is 1. The highest BCUT2D eigenvalue weighted by molar-refractivity contribution is 4.79. The van der Waals surface area contributed by atoms with E-state index >= 15 is 0 Å². The van der Waals surface area contributed by atoms with Gasteiger partial charge in [-0.25, -0.2) is 0 Å². The van der Waals surface area contributed by atoms with Crippen molar-refractivity contribution >= 4 is 0 Å². The molecule has 84 valence electrons. The summed E-state index contributed by atoms with van der Waals surface area (Å²) in [4.78, 5) is 2.49. The molecule has 0 bridgehead atoms. The minimum atomic E-state index is 0.618. The number of rotatable bonds is 6. The van der Waals surface area contributed by atoms with Crippen molar-refractivity contribution in [2.24, 2.45) is 0 Å². The van der Waals surface area contributed by atoms with Crippen LogP contribution in [0.25, 0.3) is 0 Å². The first kappa shape index (κ1) is 12.0. The average molecular weight is 200 g/mol. The van der Waals surface area contributed by atoms with Crippen LogP contribution in [0.1, 0.15) is 26.7 Å². The molecule has 0 amide bonds. The smallest absolute Gasteiger partial charge is 0.0589 e. The fraction of sp³-hybridized carbons (Fsp3) is 1.00. The molecule has 0 aromatic rings.